The Kier molecular flexibility index (Phi) is 5.49. The smallest absolute Gasteiger partial charge is 0.321 e. The lowest BCUT2D eigenvalue weighted by molar-refractivity contribution is 0.234. The summed E-state index contributed by atoms with van der Waals surface area (Å²) in [5.74, 6) is 0.558. The van der Waals surface area contributed by atoms with Gasteiger partial charge in [-0.3, -0.25) is 10.1 Å². The molecule has 0 aromatic carbocycles. The van der Waals surface area contributed by atoms with Crippen LogP contribution in [0.25, 0.3) is 5.82 Å². The van der Waals surface area contributed by atoms with Crippen LogP contribution < -0.4 is 16.2 Å². The maximum atomic E-state index is 12.4. The van der Waals surface area contributed by atoms with Crippen LogP contribution in [0, 0.1) is 0 Å². The summed E-state index contributed by atoms with van der Waals surface area (Å²) in [6.45, 7) is 0. The number of urea groups is 1. The average Bonchev–Trinajstić information content (AvgIpc) is 3.44. The number of fused-ring (bicyclic) bond motifs is 1. The van der Waals surface area contributed by atoms with Crippen LogP contribution in [0.4, 0.5) is 9.93 Å². The molecule has 11 heteroatoms. The van der Waals surface area contributed by atoms with Gasteiger partial charge in [-0.25, -0.2) is 24.1 Å². The normalized spacial score (nSPS) is 20.8. The summed E-state index contributed by atoms with van der Waals surface area (Å²) in [6.07, 6.45) is 10.5. The number of hydrogen-bond acceptors (Lipinski definition) is 7. The minimum Gasteiger partial charge on any atom is -0.335 e. The van der Waals surface area contributed by atoms with E-state index < -0.39 is 0 Å². The van der Waals surface area contributed by atoms with E-state index in [4.69, 9.17) is 0 Å². The molecule has 0 saturated heterocycles. The molecule has 162 valence electrons. The summed E-state index contributed by atoms with van der Waals surface area (Å²) in [5.41, 5.74) is 1.00. The lowest BCUT2D eigenvalue weighted by Crippen LogP contribution is -2.41. The minimum absolute atomic E-state index is 0.00256. The summed E-state index contributed by atoms with van der Waals surface area (Å²) in [7, 11) is 0. The Bertz CT molecular complexity index is 1090. The molecule has 2 aliphatic rings. The monoisotopic (exact) mass is 440 g/mol. The molecule has 0 unspecified atom stereocenters. The van der Waals surface area contributed by atoms with Crippen molar-refractivity contribution in [2.24, 2.45) is 0 Å². The van der Waals surface area contributed by atoms with Crippen LogP contribution in [0.2, 0.25) is 0 Å². The van der Waals surface area contributed by atoms with E-state index in [9.17, 15) is 9.59 Å². The maximum Gasteiger partial charge on any atom is 0.321 e. The number of carbonyl (C=O) groups excluding carboxylic acids is 1. The molecular weight excluding hydrogens is 416 g/mol. The molecule has 0 spiro atoms. The number of aryl methyl sites for hydroxylation is 2. The van der Waals surface area contributed by atoms with E-state index in [-0.39, 0.29) is 23.7 Å². The van der Waals surface area contributed by atoms with Gasteiger partial charge in [0.05, 0.1) is 11.7 Å². The van der Waals surface area contributed by atoms with Crippen LogP contribution in [0.15, 0.2) is 29.6 Å². The zero-order chi connectivity index (χ0) is 21.2. The highest BCUT2D eigenvalue weighted by Crippen LogP contribution is 2.30. The molecule has 0 aliphatic heterocycles. The predicted molar refractivity (Wildman–Crippen MR) is 116 cm³/mol. The molecule has 0 bridgehead atoms. The molecule has 1 saturated carbocycles. The van der Waals surface area contributed by atoms with Crippen molar-refractivity contribution >= 4 is 22.5 Å². The van der Waals surface area contributed by atoms with Crippen molar-refractivity contribution in [1.29, 1.82) is 0 Å². The molecule has 0 radical (unpaired) electrons. The molecule has 3 heterocycles. The average molecular weight is 441 g/mol. The number of anilines is 1. The predicted octanol–water partition coefficient (Wildman–Crippen LogP) is 2.46. The van der Waals surface area contributed by atoms with Crippen LogP contribution in [0.1, 0.15) is 55.1 Å². The van der Waals surface area contributed by atoms with Crippen molar-refractivity contribution in [1.82, 2.24) is 34.8 Å². The first kappa shape index (κ1) is 19.9. The number of thiazole rings is 1. The fourth-order valence-electron chi connectivity index (χ4n) is 4.31. The van der Waals surface area contributed by atoms with Gasteiger partial charge >= 0.3 is 6.03 Å². The number of carbonyl (C=O) groups is 1. The molecular formula is C20H24N8O2S. The van der Waals surface area contributed by atoms with E-state index in [1.54, 1.807) is 23.7 Å². The number of nitrogens with one attached hydrogen (secondary N) is 2. The number of aromatic nitrogens is 6. The third kappa shape index (κ3) is 4.36. The largest absolute Gasteiger partial charge is 0.335 e. The fourth-order valence-corrected chi connectivity index (χ4v) is 5.36. The van der Waals surface area contributed by atoms with E-state index >= 15 is 0 Å². The van der Waals surface area contributed by atoms with Gasteiger partial charge in [-0.1, -0.05) is 0 Å². The van der Waals surface area contributed by atoms with E-state index in [0.717, 1.165) is 44.2 Å². The summed E-state index contributed by atoms with van der Waals surface area (Å²) >= 11 is 1.58. The zero-order valence-corrected chi connectivity index (χ0v) is 17.8. The van der Waals surface area contributed by atoms with E-state index in [1.165, 1.54) is 39.5 Å². The van der Waals surface area contributed by atoms with Crippen molar-refractivity contribution in [2.75, 3.05) is 5.32 Å². The molecule has 2 N–H and O–H groups in total. The van der Waals surface area contributed by atoms with Gasteiger partial charge in [0.1, 0.15) is 12.7 Å². The van der Waals surface area contributed by atoms with Gasteiger partial charge in [0, 0.05) is 17.0 Å². The molecule has 0 atom stereocenters. The molecule has 10 nitrogen and oxygen atoms in total. The number of nitrogens with zero attached hydrogens (tertiary/aromatic N) is 6. The van der Waals surface area contributed by atoms with Gasteiger partial charge in [0.15, 0.2) is 10.9 Å². The standard InChI is InChI=1S/C20H24N8O2S/c29-18-10-9-17(27-12-21-11-22-27)26-28(18)14-7-5-13(6-8-14)23-19(30)25-20-24-15-3-1-2-4-16(15)31-20/h9-14H,1-8H2,(H2,23,24,25,30). The summed E-state index contributed by atoms with van der Waals surface area (Å²) in [4.78, 5) is 34.6. The third-order valence-corrected chi connectivity index (χ3v) is 6.98. The second-order valence-corrected chi connectivity index (χ2v) is 9.10. The lowest BCUT2D eigenvalue weighted by Gasteiger charge is -2.29. The molecule has 3 aromatic rings. The van der Waals surface area contributed by atoms with Crippen LogP contribution in [0.5, 0.6) is 0 Å². The van der Waals surface area contributed by atoms with Crippen LogP contribution >= 0.6 is 11.3 Å². The lowest BCUT2D eigenvalue weighted by atomic mass is 9.91. The van der Waals surface area contributed by atoms with Gasteiger partial charge in [0.25, 0.3) is 5.56 Å². The highest BCUT2D eigenvalue weighted by atomic mass is 32.1. The second kappa shape index (κ2) is 8.58. The first-order valence-electron chi connectivity index (χ1n) is 10.7. The Morgan fingerprint density at radius 1 is 1.13 bits per heavy atom. The van der Waals surface area contributed by atoms with Crippen molar-refractivity contribution in [3.8, 4) is 5.82 Å². The summed E-state index contributed by atoms with van der Waals surface area (Å²) in [5, 5.41) is 15.2. The summed E-state index contributed by atoms with van der Waals surface area (Å²) in [6, 6.07) is 3.01. The molecule has 5 rings (SSSR count). The quantitative estimate of drug-likeness (QED) is 0.643. The van der Waals surface area contributed by atoms with Crippen molar-refractivity contribution in [2.45, 2.75) is 63.5 Å². The Labute approximate surface area is 182 Å². The zero-order valence-electron chi connectivity index (χ0n) is 17.0. The van der Waals surface area contributed by atoms with Crippen LogP contribution in [-0.2, 0) is 12.8 Å². The van der Waals surface area contributed by atoms with Crippen molar-refractivity contribution < 1.29 is 4.79 Å². The minimum atomic E-state index is -0.210. The Morgan fingerprint density at radius 2 is 1.97 bits per heavy atom. The molecule has 31 heavy (non-hydrogen) atoms. The topological polar surface area (TPSA) is 120 Å². The Morgan fingerprint density at radius 3 is 2.74 bits per heavy atom. The number of hydrogen-bond donors (Lipinski definition) is 2. The van der Waals surface area contributed by atoms with Crippen LogP contribution in [-0.4, -0.2) is 41.6 Å². The molecule has 3 aromatic heterocycles. The van der Waals surface area contributed by atoms with Gasteiger partial charge in [-0.05, 0) is 57.4 Å². The third-order valence-electron chi connectivity index (χ3n) is 5.91. The Hall–Kier alpha value is -3.08. The van der Waals surface area contributed by atoms with E-state index in [2.05, 4.69) is 30.8 Å². The number of rotatable bonds is 4. The second-order valence-electron chi connectivity index (χ2n) is 8.01. The van der Waals surface area contributed by atoms with Gasteiger partial charge < -0.3 is 5.32 Å². The van der Waals surface area contributed by atoms with E-state index in [1.807, 2.05) is 0 Å². The first-order chi connectivity index (χ1) is 15.2. The van der Waals surface area contributed by atoms with Gasteiger partial charge in [-0.15, -0.1) is 16.4 Å². The van der Waals surface area contributed by atoms with Gasteiger partial charge in [-0.2, -0.15) is 5.10 Å². The van der Waals surface area contributed by atoms with Gasteiger partial charge in [0.2, 0.25) is 0 Å². The Balaban J connectivity index is 1.17. The fraction of sp³-hybridized carbons (Fsp3) is 0.500. The molecule has 2 amide bonds. The number of amides is 2. The van der Waals surface area contributed by atoms with E-state index in [0.29, 0.717) is 10.9 Å². The first-order valence-corrected chi connectivity index (χ1v) is 11.5. The SMILES string of the molecule is O=C(Nc1nc2c(s1)CCCC2)NC1CCC(n2nc(-n3cncn3)ccc2=O)CC1. The van der Waals surface area contributed by atoms with Crippen molar-refractivity contribution in [3.05, 3.63) is 45.7 Å². The maximum absolute atomic E-state index is 12.4. The highest BCUT2D eigenvalue weighted by molar-refractivity contribution is 7.15. The van der Waals surface area contributed by atoms with Crippen molar-refractivity contribution in [3.63, 3.8) is 0 Å². The summed E-state index contributed by atoms with van der Waals surface area (Å²) < 4.78 is 3.07. The highest BCUT2D eigenvalue weighted by Gasteiger charge is 2.25. The molecule has 1 fully saturated rings. The molecule has 2 aliphatic carbocycles. The van der Waals surface area contributed by atoms with Crippen LogP contribution in [0.3, 0.4) is 0 Å².